The summed E-state index contributed by atoms with van der Waals surface area (Å²) >= 11 is 0. The Labute approximate surface area is 105 Å². The van der Waals surface area contributed by atoms with E-state index in [1.54, 1.807) is 0 Å². The number of benzene rings is 2. The van der Waals surface area contributed by atoms with Crippen molar-refractivity contribution < 1.29 is 0 Å². The van der Waals surface area contributed by atoms with E-state index < -0.39 is 0 Å². The van der Waals surface area contributed by atoms with Gasteiger partial charge < -0.3 is 10.7 Å². The second kappa shape index (κ2) is 4.04. The molecule has 0 aliphatic carbocycles. The molecule has 3 rings (SSSR count). The lowest BCUT2D eigenvalue weighted by atomic mass is 10.1. The summed E-state index contributed by atoms with van der Waals surface area (Å²) in [7, 11) is 0. The third-order valence-corrected chi connectivity index (χ3v) is 3.04. The molecule has 4 N–H and O–H groups in total. The first kappa shape index (κ1) is 10.6. The zero-order valence-electron chi connectivity index (χ0n) is 9.77. The standard InChI is InChI=1S/C15H13N3/c16-15(17)11-7-4-8-13-12(11)9-14(18-13)10-5-2-1-3-6-10/h1-9,18H,(H3,16,17). The number of nitrogens with one attached hydrogen (secondary N) is 2. The minimum absolute atomic E-state index is 0.0965. The average Bonchev–Trinajstić information content (AvgIpc) is 2.83. The van der Waals surface area contributed by atoms with Crippen LogP contribution in [0.3, 0.4) is 0 Å². The highest BCUT2D eigenvalue weighted by atomic mass is 14.7. The molecule has 0 aliphatic rings. The molecule has 0 fully saturated rings. The number of fused-ring (bicyclic) bond motifs is 1. The molecule has 0 spiro atoms. The Morgan fingerprint density at radius 3 is 2.50 bits per heavy atom. The zero-order chi connectivity index (χ0) is 12.5. The fourth-order valence-electron chi connectivity index (χ4n) is 2.16. The number of nitrogens with two attached hydrogens (primary N) is 1. The monoisotopic (exact) mass is 235 g/mol. The van der Waals surface area contributed by atoms with Crippen LogP contribution in [0.1, 0.15) is 5.56 Å². The van der Waals surface area contributed by atoms with Crippen LogP contribution in [-0.4, -0.2) is 10.8 Å². The molecule has 3 nitrogen and oxygen atoms in total. The Morgan fingerprint density at radius 1 is 1.00 bits per heavy atom. The summed E-state index contributed by atoms with van der Waals surface area (Å²) in [6.45, 7) is 0. The van der Waals surface area contributed by atoms with Gasteiger partial charge in [0.25, 0.3) is 0 Å². The van der Waals surface area contributed by atoms with Crippen LogP contribution in [0.15, 0.2) is 54.6 Å². The molecule has 1 heterocycles. The molecule has 3 aromatic rings. The summed E-state index contributed by atoms with van der Waals surface area (Å²) in [5, 5.41) is 8.58. The Hall–Kier alpha value is -2.55. The van der Waals surface area contributed by atoms with Crippen LogP contribution in [0.4, 0.5) is 0 Å². The van der Waals surface area contributed by atoms with E-state index in [1.807, 2.05) is 42.5 Å². The van der Waals surface area contributed by atoms with Crippen LogP contribution in [0.5, 0.6) is 0 Å². The lowest BCUT2D eigenvalue weighted by molar-refractivity contribution is 1.43. The summed E-state index contributed by atoms with van der Waals surface area (Å²) in [4.78, 5) is 3.35. The lowest BCUT2D eigenvalue weighted by Crippen LogP contribution is -2.10. The fraction of sp³-hybridized carbons (Fsp3) is 0. The van der Waals surface area contributed by atoms with Gasteiger partial charge in [0.05, 0.1) is 0 Å². The van der Waals surface area contributed by atoms with Gasteiger partial charge in [-0.25, -0.2) is 0 Å². The maximum Gasteiger partial charge on any atom is 0.123 e. The Morgan fingerprint density at radius 2 is 1.78 bits per heavy atom. The van der Waals surface area contributed by atoms with E-state index in [0.29, 0.717) is 0 Å². The Bertz CT molecular complexity index is 711. The number of hydrogen-bond donors (Lipinski definition) is 3. The highest BCUT2D eigenvalue weighted by molar-refractivity contribution is 6.08. The first-order chi connectivity index (χ1) is 8.75. The molecule has 0 bridgehead atoms. The van der Waals surface area contributed by atoms with Gasteiger partial charge in [-0.1, -0.05) is 42.5 Å². The maximum absolute atomic E-state index is 7.60. The minimum Gasteiger partial charge on any atom is -0.384 e. The largest absolute Gasteiger partial charge is 0.384 e. The number of H-pyrrole nitrogens is 1. The highest BCUT2D eigenvalue weighted by Gasteiger charge is 2.08. The van der Waals surface area contributed by atoms with Crippen LogP contribution < -0.4 is 5.73 Å². The van der Waals surface area contributed by atoms with Crippen molar-refractivity contribution in [2.45, 2.75) is 0 Å². The van der Waals surface area contributed by atoms with Crippen molar-refractivity contribution in [1.82, 2.24) is 4.98 Å². The van der Waals surface area contributed by atoms with Crippen molar-refractivity contribution in [3.63, 3.8) is 0 Å². The summed E-state index contributed by atoms with van der Waals surface area (Å²) in [6.07, 6.45) is 0. The van der Waals surface area contributed by atoms with Gasteiger partial charge in [0.15, 0.2) is 0 Å². The van der Waals surface area contributed by atoms with Crippen LogP contribution in [0.25, 0.3) is 22.2 Å². The van der Waals surface area contributed by atoms with Crippen LogP contribution in [-0.2, 0) is 0 Å². The van der Waals surface area contributed by atoms with Gasteiger partial charge in [0, 0.05) is 22.2 Å². The summed E-state index contributed by atoms with van der Waals surface area (Å²) in [5.74, 6) is 0.0965. The molecule has 0 atom stereocenters. The third kappa shape index (κ3) is 1.66. The summed E-state index contributed by atoms with van der Waals surface area (Å²) in [5.41, 5.74) is 9.54. The van der Waals surface area contributed by atoms with Gasteiger partial charge in [-0.2, -0.15) is 0 Å². The maximum atomic E-state index is 7.60. The molecule has 88 valence electrons. The van der Waals surface area contributed by atoms with Gasteiger partial charge in [0.2, 0.25) is 0 Å². The minimum atomic E-state index is 0.0965. The van der Waals surface area contributed by atoms with Gasteiger partial charge in [0.1, 0.15) is 5.84 Å². The molecule has 2 aromatic carbocycles. The molecule has 0 saturated heterocycles. The van der Waals surface area contributed by atoms with E-state index in [0.717, 1.165) is 27.7 Å². The topological polar surface area (TPSA) is 65.7 Å². The number of aromatic amines is 1. The average molecular weight is 235 g/mol. The van der Waals surface area contributed by atoms with Crippen molar-refractivity contribution in [3.8, 4) is 11.3 Å². The SMILES string of the molecule is N=C(N)c1cccc2[nH]c(-c3ccccc3)cc12. The molecule has 0 amide bonds. The van der Waals surface area contributed by atoms with E-state index >= 15 is 0 Å². The van der Waals surface area contributed by atoms with Gasteiger partial charge in [-0.05, 0) is 17.7 Å². The van der Waals surface area contributed by atoms with E-state index in [9.17, 15) is 0 Å². The molecule has 0 unspecified atom stereocenters. The molecule has 3 heteroatoms. The molecule has 1 aromatic heterocycles. The van der Waals surface area contributed by atoms with Crippen molar-refractivity contribution in [1.29, 1.82) is 5.41 Å². The summed E-state index contributed by atoms with van der Waals surface area (Å²) in [6, 6.07) is 17.9. The molecular weight excluding hydrogens is 222 g/mol. The van der Waals surface area contributed by atoms with Crippen molar-refractivity contribution >= 4 is 16.7 Å². The second-order valence-electron chi connectivity index (χ2n) is 4.23. The molecule has 18 heavy (non-hydrogen) atoms. The van der Waals surface area contributed by atoms with Gasteiger partial charge in [-0.3, -0.25) is 5.41 Å². The van der Waals surface area contributed by atoms with E-state index in [1.165, 1.54) is 0 Å². The van der Waals surface area contributed by atoms with E-state index in [2.05, 4.69) is 17.1 Å². The summed E-state index contributed by atoms with van der Waals surface area (Å²) < 4.78 is 0. The number of amidine groups is 1. The van der Waals surface area contributed by atoms with Crippen molar-refractivity contribution in [2.24, 2.45) is 5.73 Å². The zero-order valence-corrected chi connectivity index (χ0v) is 9.77. The number of hydrogen-bond acceptors (Lipinski definition) is 1. The van der Waals surface area contributed by atoms with Crippen molar-refractivity contribution in [3.05, 3.63) is 60.2 Å². The molecule has 0 radical (unpaired) electrons. The van der Waals surface area contributed by atoms with Gasteiger partial charge in [-0.15, -0.1) is 0 Å². The lowest BCUT2D eigenvalue weighted by Gasteiger charge is -1.98. The first-order valence-electron chi connectivity index (χ1n) is 5.77. The highest BCUT2D eigenvalue weighted by Crippen LogP contribution is 2.26. The van der Waals surface area contributed by atoms with E-state index in [4.69, 9.17) is 11.1 Å². The van der Waals surface area contributed by atoms with Gasteiger partial charge >= 0.3 is 0 Å². The van der Waals surface area contributed by atoms with Crippen LogP contribution in [0.2, 0.25) is 0 Å². The molecule has 0 saturated carbocycles. The Kier molecular flexibility index (Phi) is 2.38. The predicted molar refractivity (Wildman–Crippen MR) is 74.8 cm³/mol. The van der Waals surface area contributed by atoms with E-state index in [-0.39, 0.29) is 5.84 Å². The van der Waals surface area contributed by atoms with Crippen LogP contribution >= 0.6 is 0 Å². The van der Waals surface area contributed by atoms with Crippen molar-refractivity contribution in [2.75, 3.05) is 0 Å². The smallest absolute Gasteiger partial charge is 0.123 e. The molecular formula is C15H13N3. The number of nitrogen functional groups attached to an aromatic ring is 1. The van der Waals surface area contributed by atoms with Crippen LogP contribution in [0, 0.1) is 5.41 Å². The number of rotatable bonds is 2. The first-order valence-corrected chi connectivity index (χ1v) is 5.77. The quantitative estimate of drug-likeness (QED) is 0.463. The Balaban J connectivity index is 2.23. The molecule has 0 aliphatic heterocycles. The fourth-order valence-corrected chi connectivity index (χ4v) is 2.16. The predicted octanol–water partition coefficient (Wildman–Crippen LogP) is 3.12. The second-order valence-corrected chi connectivity index (χ2v) is 4.23. The normalized spacial score (nSPS) is 10.7. The third-order valence-electron chi connectivity index (χ3n) is 3.04. The number of aromatic nitrogens is 1.